The molecule has 0 aliphatic carbocycles. The monoisotopic (exact) mass is 266 g/mol. The van der Waals surface area contributed by atoms with Crippen molar-refractivity contribution in [1.29, 1.82) is 0 Å². The maximum Gasteiger partial charge on any atom is 0.191 e. The van der Waals surface area contributed by atoms with E-state index in [1.165, 1.54) is 0 Å². The summed E-state index contributed by atoms with van der Waals surface area (Å²) >= 11 is 0. The summed E-state index contributed by atoms with van der Waals surface area (Å²) < 4.78 is 5.54. The van der Waals surface area contributed by atoms with E-state index in [1.807, 2.05) is 72.8 Å². The van der Waals surface area contributed by atoms with Gasteiger partial charge in [-0.2, -0.15) is 0 Å². The molecule has 0 saturated carbocycles. The molecule has 2 aromatic rings. The van der Waals surface area contributed by atoms with Crippen molar-refractivity contribution in [2.24, 2.45) is 0 Å². The molecule has 0 heterocycles. The van der Waals surface area contributed by atoms with E-state index in [-0.39, 0.29) is 5.78 Å². The smallest absolute Gasteiger partial charge is 0.191 e. The minimum absolute atomic E-state index is 0.0127. The van der Waals surface area contributed by atoms with Crippen LogP contribution in [0.15, 0.2) is 66.7 Å². The minimum Gasteiger partial charge on any atom is -0.366 e. The van der Waals surface area contributed by atoms with Crippen molar-refractivity contribution in [2.45, 2.75) is 13.0 Å². The van der Waals surface area contributed by atoms with Crippen molar-refractivity contribution in [3.8, 4) is 0 Å². The van der Waals surface area contributed by atoms with Crippen molar-refractivity contribution >= 4 is 11.9 Å². The van der Waals surface area contributed by atoms with Crippen molar-refractivity contribution in [2.75, 3.05) is 6.61 Å². The number of carbonyl (C=O) groups excluding carboxylic acids is 1. The average Bonchev–Trinajstić information content (AvgIpc) is 2.52. The highest BCUT2D eigenvalue weighted by Gasteiger charge is 2.14. The van der Waals surface area contributed by atoms with Crippen LogP contribution in [0.1, 0.15) is 22.8 Å². The van der Waals surface area contributed by atoms with Crippen LogP contribution in [0.2, 0.25) is 0 Å². The highest BCUT2D eigenvalue weighted by atomic mass is 16.5. The lowest BCUT2D eigenvalue weighted by molar-refractivity contribution is 0.0567. The van der Waals surface area contributed by atoms with Crippen LogP contribution >= 0.6 is 0 Å². The summed E-state index contributed by atoms with van der Waals surface area (Å²) in [6.07, 6.45) is 3.47. The Morgan fingerprint density at radius 1 is 1.05 bits per heavy atom. The Bertz CT molecular complexity index is 558. The Hall–Kier alpha value is -2.19. The molecule has 1 unspecified atom stereocenters. The van der Waals surface area contributed by atoms with E-state index in [2.05, 4.69) is 0 Å². The largest absolute Gasteiger partial charge is 0.366 e. The standard InChI is InChI=1S/C18H18O2/c1-15(18(19)17-12-6-3-7-13-17)20-14-8-11-16-9-4-2-5-10-16/h2-13,15H,14H2,1H3. The van der Waals surface area contributed by atoms with E-state index in [0.717, 1.165) is 5.56 Å². The minimum atomic E-state index is -0.433. The molecule has 102 valence electrons. The number of rotatable bonds is 6. The molecule has 0 saturated heterocycles. The van der Waals surface area contributed by atoms with E-state index in [0.29, 0.717) is 12.2 Å². The summed E-state index contributed by atoms with van der Waals surface area (Å²) in [5.74, 6) is 0.0127. The van der Waals surface area contributed by atoms with Crippen molar-refractivity contribution in [3.63, 3.8) is 0 Å². The SMILES string of the molecule is CC(OCC=Cc1ccccc1)C(=O)c1ccccc1. The van der Waals surface area contributed by atoms with Gasteiger partial charge < -0.3 is 4.74 Å². The van der Waals surface area contributed by atoms with Gasteiger partial charge in [0.1, 0.15) is 6.10 Å². The van der Waals surface area contributed by atoms with Crippen LogP contribution in [-0.4, -0.2) is 18.5 Å². The van der Waals surface area contributed by atoms with Gasteiger partial charge in [-0.1, -0.05) is 72.8 Å². The van der Waals surface area contributed by atoms with Gasteiger partial charge in [0.25, 0.3) is 0 Å². The highest BCUT2D eigenvalue weighted by Crippen LogP contribution is 2.06. The predicted molar refractivity (Wildman–Crippen MR) is 81.7 cm³/mol. The van der Waals surface area contributed by atoms with Gasteiger partial charge in [-0.05, 0) is 12.5 Å². The number of ether oxygens (including phenoxy) is 1. The van der Waals surface area contributed by atoms with Crippen LogP contribution < -0.4 is 0 Å². The number of ketones is 1. The molecule has 1 atom stereocenters. The molecule has 0 radical (unpaired) electrons. The Morgan fingerprint density at radius 2 is 1.65 bits per heavy atom. The van der Waals surface area contributed by atoms with Gasteiger partial charge in [-0.3, -0.25) is 4.79 Å². The second kappa shape index (κ2) is 7.41. The zero-order valence-corrected chi connectivity index (χ0v) is 11.5. The van der Waals surface area contributed by atoms with Crippen LogP contribution in [-0.2, 0) is 4.74 Å². The van der Waals surface area contributed by atoms with E-state index in [9.17, 15) is 4.79 Å². The lowest BCUT2D eigenvalue weighted by Crippen LogP contribution is -2.20. The van der Waals surface area contributed by atoms with E-state index in [1.54, 1.807) is 6.92 Å². The third-order valence-electron chi connectivity index (χ3n) is 2.98. The Morgan fingerprint density at radius 3 is 2.30 bits per heavy atom. The Balaban J connectivity index is 1.82. The van der Waals surface area contributed by atoms with Gasteiger partial charge in [-0.15, -0.1) is 0 Å². The number of benzene rings is 2. The fourth-order valence-electron chi connectivity index (χ4n) is 1.86. The van der Waals surface area contributed by atoms with E-state index in [4.69, 9.17) is 4.74 Å². The first-order chi connectivity index (χ1) is 9.77. The molecule has 0 aliphatic heterocycles. The summed E-state index contributed by atoms with van der Waals surface area (Å²) in [4.78, 5) is 12.1. The summed E-state index contributed by atoms with van der Waals surface area (Å²) in [7, 11) is 0. The maximum absolute atomic E-state index is 12.1. The van der Waals surface area contributed by atoms with Crippen LogP contribution in [0.3, 0.4) is 0 Å². The molecule has 0 N–H and O–H groups in total. The van der Waals surface area contributed by atoms with Crippen molar-refractivity contribution in [3.05, 3.63) is 77.9 Å². The molecule has 0 spiro atoms. The number of Topliss-reactive ketones (excluding diaryl/α,β-unsaturated/α-hetero) is 1. The lowest BCUT2D eigenvalue weighted by atomic mass is 10.1. The Labute approximate surface area is 119 Å². The summed E-state index contributed by atoms with van der Waals surface area (Å²) in [6, 6.07) is 19.2. The van der Waals surface area contributed by atoms with Gasteiger partial charge >= 0.3 is 0 Å². The van der Waals surface area contributed by atoms with Crippen LogP contribution in [0.5, 0.6) is 0 Å². The van der Waals surface area contributed by atoms with E-state index >= 15 is 0 Å². The molecule has 2 aromatic carbocycles. The fraction of sp³-hybridized carbons (Fsp3) is 0.167. The van der Waals surface area contributed by atoms with Gasteiger partial charge in [0.05, 0.1) is 6.61 Å². The van der Waals surface area contributed by atoms with Crippen molar-refractivity contribution < 1.29 is 9.53 Å². The fourth-order valence-corrected chi connectivity index (χ4v) is 1.86. The topological polar surface area (TPSA) is 26.3 Å². The third-order valence-corrected chi connectivity index (χ3v) is 2.98. The first kappa shape index (κ1) is 14.2. The summed E-state index contributed by atoms with van der Waals surface area (Å²) in [5.41, 5.74) is 1.81. The quantitative estimate of drug-likeness (QED) is 0.739. The normalized spacial score (nSPS) is 12.4. The number of hydrogen-bond acceptors (Lipinski definition) is 2. The molecule has 20 heavy (non-hydrogen) atoms. The van der Waals surface area contributed by atoms with Crippen LogP contribution in [0, 0.1) is 0 Å². The first-order valence-electron chi connectivity index (χ1n) is 6.70. The third kappa shape index (κ3) is 4.18. The van der Waals surface area contributed by atoms with Crippen LogP contribution in [0.25, 0.3) is 6.08 Å². The average molecular weight is 266 g/mol. The molecular weight excluding hydrogens is 248 g/mol. The van der Waals surface area contributed by atoms with Gasteiger partial charge in [0, 0.05) is 5.56 Å². The molecular formula is C18H18O2. The molecule has 0 bridgehead atoms. The second-order valence-corrected chi connectivity index (χ2v) is 4.52. The molecule has 0 amide bonds. The predicted octanol–water partition coefficient (Wildman–Crippen LogP) is 3.99. The summed E-state index contributed by atoms with van der Waals surface area (Å²) in [6.45, 7) is 2.21. The molecule has 2 nitrogen and oxygen atoms in total. The maximum atomic E-state index is 12.1. The zero-order chi connectivity index (χ0) is 14.2. The van der Waals surface area contributed by atoms with Gasteiger partial charge in [-0.25, -0.2) is 0 Å². The van der Waals surface area contributed by atoms with Gasteiger partial charge in [0.15, 0.2) is 5.78 Å². The number of hydrogen-bond donors (Lipinski definition) is 0. The first-order valence-corrected chi connectivity index (χ1v) is 6.70. The van der Waals surface area contributed by atoms with Gasteiger partial charge in [0.2, 0.25) is 0 Å². The van der Waals surface area contributed by atoms with E-state index < -0.39 is 6.10 Å². The molecule has 2 heteroatoms. The number of carbonyl (C=O) groups is 1. The molecule has 2 rings (SSSR count). The van der Waals surface area contributed by atoms with Crippen molar-refractivity contribution in [1.82, 2.24) is 0 Å². The Kier molecular flexibility index (Phi) is 5.27. The second-order valence-electron chi connectivity index (χ2n) is 4.52. The lowest BCUT2D eigenvalue weighted by Gasteiger charge is -2.10. The zero-order valence-electron chi connectivity index (χ0n) is 11.5. The summed E-state index contributed by atoms with van der Waals surface area (Å²) in [5, 5.41) is 0. The molecule has 0 fully saturated rings. The highest BCUT2D eigenvalue weighted by molar-refractivity contribution is 5.99. The molecule has 0 aromatic heterocycles. The van der Waals surface area contributed by atoms with Crippen LogP contribution in [0.4, 0.5) is 0 Å². The molecule has 0 aliphatic rings.